The normalized spacial score (nSPS) is 10.1. The van der Waals surface area contributed by atoms with Crippen LogP contribution in [-0.2, 0) is 0 Å². The number of nitro benzene ring substituents is 1. The zero-order valence-corrected chi connectivity index (χ0v) is 11.2. The number of benzene rings is 1. The lowest BCUT2D eigenvalue weighted by Gasteiger charge is -2.17. The Hall–Kier alpha value is -2.47. The fourth-order valence-corrected chi connectivity index (χ4v) is 1.84. The van der Waals surface area contributed by atoms with Crippen molar-refractivity contribution in [2.45, 2.75) is 0 Å². The lowest BCUT2D eigenvalue weighted by atomic mass is 10.2. The molecule has 1 aromatic heterocycles. The molecule has 0 N–H and O–H groups in total. The van der Waals surface area contributed by atoms with Crippen LogP contribution in [0.15, 0.2) is 42.7 Å². The van der Waals surface area contributed by atoms with Gasteiger partial charge in [0.05, 0.1) is 15.5 Å². The Balaban J connectivity index is 2.27. The predicted molar refractivity (Wildman–Crippen MR) is 75.1 cm³/mol. The van der Waals surface area contributed by atoms with Crippen molar-refractivity contribution in [3.05, 3.63) is 63.4 Å². The number of carbonyl (C=O) groups is 1. The summed E-state index contributed by atoms with van der Waals surface area (Å²) in [6.45, 7) is 0. The highest BCUT2D eigenvalue weighted by Crippen LogP contribution is 2.22. The predicted octanol–water partition coefficient (Wildman–Crippen LogP) is 2.92. The minimum absolute atomic E-state index is 0.0310. The Morgan fingerprint density at radius 2 is 1.95 bits per heavy atom. The van der Waals surface area contributed by atoms with Crippen LogP contribution in [0, 0.1) is 10.1 Å². The Morgan fingerprint density at radius 1 is 1.30 bits per heavy atom. The number of nitro groups is 1. The van der Waals surface area contributed by atoms with E-state index < -0.39 is 4.92 Å². The van der Waals surface area contributed by atoms with E-state index in [0.29, 0.717) is 11.3 Å². The maximum atomic E-state index is 12.3. The summed E-state index contributed by atoms with van der Waals surface area (Å²) in [6.07, 6.45) is 2.86. The van der Waals surface area contributed by atoms with E-state index in [1.807, 2.05) is 0 Å². The smallest absolute Gasteiger partial charge is 0.269 e. The molecule has 20 heavy (non-hydrogen) atoms. The van der Waals surface area contributed by atoms with Gasteiger partial charge in [0, 0.05) is 37.3 Å². The van der Waals surface area contributed by atoms with Crippen molar-refractivity contribution in [1.29, 1.82) is 0 Å². The molecule has 0 fully saturated rings. The van der Waals surface area contributed by atoms with Crippen molar-refractivity contribution in [2.75, 3.05) is 11.9 Å². The standard InChI is InChI=1S/C13H10ClN3O3/c1-16(9-2-4-10(5-3-9)17(19)20)13(18)11-6-7-15-8-12(11)14/h2-8H,1H3. The second-order valence-electron chi connectivity index (χ2n) is 3.99. The number of non-ortho nitro benzene ring substituents is 1. The van der Waals surface area contributed by atoms with Gasteiger partial charge in [0.25, 0.3) is 11.6 Å². The molecule has 1 aromatic carbocycles. The summed E-state index contributed by atoms with van der Waals surface area (Å²) >= 11 is 5.92. The molecule has 0 unspecified atom stereocenters. The first-order valence-corrected chi connectivity index (χ1v) is 6.00. The van der Waals surface area contributed by atoms with Crippen LogP contribution in [0.5, 0.6) is 0 Å². The zero-order chi connectivity index (χ0) is 14.7. The fourth-order valence-electron chi connectivity index (χ4n) is 1.64. The molecule has 0 bridgehead atoms. The molecular formula is C13H10ClN3O3. The third kappa shape index (κ3) is 2.75. The number of rotatable bonds is 3. The maximum absolute atomic E-state index is 12.3. The van der Waals surface area contributed by atoms with Crippen LogP contribution < -0.4 is 4.90 Å². The van der Waals surface area contributed by atoms with Gasteiger partial charge in [-0.05, 0) is 18.2 Å². The Bertz CT molecular complexity index is 658. The maximum Gasteiger partial charge on any atom is 0.269 e. The largest absolute Gasteiger partial charge is 0.311 e. The van der Waals surface area contributed by atoms with Crippen LogP contribution in [0.3, 0.4) is 0 Å². The van der Waals surface area contributed by atoms with Gasteiger partial charge in [-0.3, -0.25) is 19.9 Å². The van der Waals surface area contributed by atoms with Crippen LogP contribution in [-0.4, -0.2) is 22.9 Å². The van der Waals surface area contributed by atoms with Crippen LogP contribution >= 0.6 is 11.6 Å². The number of nitrogens with zero attached hydrogens (tertiary/aromatic N) is 3. The van der Waals surface area contributed by atoms with E-state index in [2.05, 4.69) is 4.98 Å². The average molecular weight is 292 g/mol. The molecule has 0 radical (unpaired) electrons. The second-order valence-corrected chi connectivity index (χ2v) is 4.40. The molecule has 0 saturated carbocycles. The van der Waals surface area contributed by atoms with Crippen molar-refractivity contribution in [1.82, 2.24) is 4.98 Å². The van der Waals surface area contributed by atoms with Gasteiger partial charge >= 0.3 is 0 Å². The first kappa shape index (κ1) is 14.0. The van der Waals surface area contributed by atoms with Crippen molar-refractivity contribution in [2.24, 2.45) is 0 Å². The molecule has 0 spiro atoms. The summed E-state index contributed by atoms with van der Waals surface area (Å²) in [7, 11) is 1.57. The first-order chi connectivity index (χ1) is 9.50. The van der Waals surface area contributed by atoms with E-state index in [1.54, 1.807) is 7.05 Å². The molecule has 2 rings (SSSR count). The van der Waals surface area contributed by atoms with Gasteiger partial charge in [0.15, 0.2) is 0 Å². The van der Waals surface area contributed by atoms with E-state index >= 15 is 0 Å². The van der Waals surface area contributed by atoms with E-state index in [-0.39, 0.29) is 16.6 Å². The molecule has 0 aliphatic heterocycles. The summed E-state index contributed by atoms with van der Waals surface area (Å²) in [5.74, 6) is -0.314. The van der Waals surface area contributed by atoms with Crippen LogP contribution in [0.25, 0.3) is 0 Å². The number of amides is 1. The lowest BCUT2D eigenvalue weighted by molar-refractivity contribution is -0.384. The minimum atomic E-state index is -0.495. The third-order valence-corrected chi connectivity index (χ3v) is 3.06. The molecule has 2 aromatic rings. The summed E-state index contributed by atoms with van der Waals surface area (Å²) < 4.78 is 0. The molecule has 0 aliphatic carbocycles. The van der Waals surface area contributed by atoms with E-state index in [1.165, 1.54) is 47.6 Å². The number of anilines is 1. The van der Waals surface area contributed by atoms with Gasteiger partial charge < -0.3 is 4.90 Å². The summed E-state index contributed by atoms with van der Waals surface area (Å²) in [4.78, 5) is 27.5. The molecule has 6 nitrogen and oxygen atoms in total. The molecule has 0 saturated heterocycles. The first-order valence-electron chi connectivity index (χ1n) is 5.62. The van der Waals surface area contributed by atoms with E-state index in [0.717, 1.165) is 0 Å². The molecule has 102 valence electrons. The Kier molecular flexibility index (Phi) is 3.95. The Labute approximate surface area is 119 Å². The number of halogens is 1. The third-order valence-electron chi connectivity index (χ3n) is 2.76. The summed E-state index contributed by atoms with van der Waals surface area (Å²) in [5.41, 5.74) is 0.826. The van der Waals surface area contributed by atoms with Gasteiger partial charge in [-0.25, -0.2) is 0 Å². The van der Waals surface area contributed by atoms with Crippen LogP contribution in [0.2, 0.25) is 5.02 Å². The molecule has 7 heteroatoms. The highest BCUT2D eigenvalue weighted by Gasteiger charge is 2.17. The summed E-state index contributed by atoms with van der Waals surface area (Å²) in [5, 5.41) is 10.8. The van der Waals surface area contributed by atoms with Crippen molar-refractivity contribution in [3.63, 3.8) is 0 Å². The van der Waals surface area contributed by atoms with Gasteiger partial charge in [-0.1, -0.05) is 11.6 Å². The lowest BCUT2D eigenvalue weighted by Crippen LogP contribution is -2.26. The number of hydrogen-bond donors (Lipinski definition) is 0. The van der Waals surface area contributed by atoms with Gasteiger partial charge in [0.2, 0.25) is 0 Å². The molecular weight excluding hydrogens is 282 g/mol. The molecule has 0 atom stereocenters. The number of pyridine rings is 1. The fraction of sp³-hybridized carbons (Fsp3) is 0.0769. The number of carbonyl (C=O) groups excluding carboxylic acids is 1. The minimum Gasteiger partial charge on any atom is -0.311 e. The SMILES string of the molecule is CN(C(=O)c1ccncc1Cl)c1ccc([N+](=O)[O-])cc1. The van der Waals surface area contributed by atoms with E-state index in [9.17, 15) is 14.9 Å². The zero-order valence-electron chi connectivity index (χ0n) is 10.5. The van der Waals surface area contributed by atoms with Gasteiger partial charge in [0.1, 0.15) is 0 Å². The van der Waals surface area contributed by atoms with Crippen molar-refractivity contribution < 1.29 is 9.72 Å². The molecule has 1 amide bonds. The monoisotopic (exact) mass is 291 g/mol. The van der Waals surface area contributed by atoms with Crippen molar-refractivity contribution in [3.8, 4) is 0 Å². The average Bonchev–Trinajstić information content (AvgIpc) is 2.46. The van der Waals surface area contributed by atoms with Gasteiger partial charge in [-0.15, -0.1) is 0 Å². The highest BCUT2D eigenvalue weighted by atomic mass is 35.5. The second kappa shape index (κ2) is 5.66. The summed E-state index contributed by atoms with van der Waals surface area (Å²) in [6, 6.07) is 7.21. The van der Waals surface area contributed by atoms with Crippen LogP contribution in [0.1, 0.15) is 10.4 Å². The highest BCUT2D eigenvalue weighted by molar-refractivity contribution is 6.34. The van der Waals surface area contributed by atoms with Crippen molar-refractivity contribution >= 4 is 28.9 Å². The number of hydrogen-bond acceptors (Lipinski definition) is 4. The van der Waals surface area contributed by atoms with Gasteiger partial charge in [-0.2, -0.15) is 0 Å². The quantitative estimate of drug-likeness (QED) is 0.643. The molecule has 0 aliphatic rings. The molecule has 1 heterocycles. The Morgan fingerprint density at radius 3 is 2.50 bits per heavy atom. The topological polar surface area (TPSA) is 76.3 Å². The van der Waals surface area contributed by atoms with Crippen LogP contribution in [0.4, 0.5) is 11.4 Å². The van der Waals surface area contributed by atoms with E-state index in [4.69, 9.17) is 11.6 Å². The number of aromatic nitrogens is 1.